The Labute approximate surface area is 175 Å². The Balaban J connectivity index is 1.52. The Morgan fingerprint density at radius 1 is 1.27 bits per heavy atom. The number of ether oxygens (including phenoxy) is 1. The van der Waals surface area contributed by atoms with Crippen LogP contribution in [0.2, 0.25) is 0 Å². The molecule has 1 atom stereocenters. The van der Waals surface area contributed by atoms with E-state index in [0.29, 0.717) is 18.8 Å². The minimum Gasteiger partial charge on any atom is -0.493 e. The Kier molecular flexibility index (Phi) is 5.52. The molecule has 2 N–H and O–H groups in total. The lowest BCUT2D eigenvalue weighted by atomic mass is 9.92. The Bertz CT molecular complexity index is 1050. The molecule has 0 radical (unpaired) electrons. The molecule has 154 valence electrons. The number of aromatic carboxylic acids is 1. The topological polar surface area (TPSA) is 87.6 Å². The van der Waals surface area contributed by atoms with Gasteiger partial charge < -0.3 is 20.1 Å². The molecule has 0 unspecified atom stereocenters. The summed E-state index contributed by atoms with van der Waals surface area (Å²) in [5.41, 5.74) is 3.98. The average Bonchev–Trinajstić information content (AvgIpc) is 2.77. The maximum atomic E-state index is 11.4. The summed E-state index contributed by atoms with van der Waals surface area (Å²) in [6, 6.07) is 11.7. The highest BCUT2D eigenvalue weighted by Gasteiger charge is 2.23. The fourth-order valence-electron chi connectivity index (χ4n) is 3.62. The van der Waals surface area contributed by atoms with Gasteiger partial charge in [-0.15, -0.1) is 0 Å². The predicted molar refractivity (Wildman–Crippen MR) is 116 cm³/mol. The van der Waals surface area contributed by atoms with Gasteiger partial charge >= 0.3 is 5.97 Å². The number of carboxylic acid groups (broad SMARTS) is 1. The minimum atomic E-state index is -0.968. The van der Waals surface area contributed by atoms with E-state index in [1.54, 1.807) is 6.20 Å². The zero-order valence-electron chi connectivity index (χ0n) is 17.0. The van der Waals surface area contributed by atoms with Crippen molar-refractivity contribution in [3.8, 4) is 5.75 Å². The molecular formula is C23H24N4O3. The van der Waals surface area contributed by atoms with Crippen molar-refractivity contribution in [1.29, 1.82) is 0 Å². The second kappa shape index (κ2) is 8.41. The quantitative estimate of drug-likeness (QED) is 0.636. The van der Waals surface area contributed by atoms with Crippen LogP contribution in [0.3, 0.4) is 0 Å². The van der Waals surface area contributed by atoms with Crippen LogP contribution in [0.4, 0.5) is 17.2 Å². The lowest BCUT2D eigenvalue weighted by Gasteiger charge is -2.28. The molecule has 1 aliphatic heterocycles. The van der Waals surface area contributed by atoms with Gasteiger partial charge in [-0.25, -0.2) is 9.78 Å². The van der Waals surface area contributed by atoms with E-state index in [9.17, 15) is 9.90 Å². The van der Waals surface area contributed by atoms with E-state index >= 15 is 0 Å². The number of fused-ring (bicyclic) bond motifs is 1. The van der Waals surface area contributed by atoms with Crippen LogP contribution in [0.5, 0.6) is 5.75 Å². The molecule has 0 aliphatic carbocycles. The largest absolute Gasteiger partial charge is 0.493 e. The SMILES string of the molecule is Cc1ccc(N(C)c2ccc3c(c2)OCC[C@H]3CNc2cnccc2C(=O)O)nc1. The standard InChI is InChI=1S/C23H24N4O3/c1-15-3-6-22(26-12-15)27(2)17-4-5-18-16(8-10-30-21(18)11-17)13-25-20-14-24-9-7-19(20)23(28)29/h3-7,9,11-12,14,16,25H,8,10,13H2,1-2H3,(H,28,29)/t16-/m0/s1. The fourth-order valence-corrected chi connectivity index (χ4v) is 3.62. The second-order valence-corrected chi connectivity index (χ2v) is 7.42. The molecule has 7 nitrogen and oxygen atoms in total. The highest BCUT2D eigenvalue weighted by atomic mass is 16.5. The van der Waals surface area contributed by atoms with E-state index in [1.165, 1.54) is 12.3 Å². The zero-order chi connectivity index (χ0) is 21.1. The summed E-state index contributed by atoms with van der Waals surface area (Å²) in [4.78, 5) is 22.0. The van der Waals surface area contributed by atoms with Crippen molar-refractivity contribution >= 4 is 23.2 Å². The number of hydrogen-bond donors (Lipinski definition) is 2. The molecule has 0 amide bonds. The molecule has 0 bridgehead atoms. The van der Waals surface area contributed by atoms with Gasteiger partial charge in [-0.1, -0.05) is 12.1 Å². The summed E-state index contributed by atoms with van der Waals surface area (Å²) in [7, 11) is 1.98. The summed E-state index contributed by atoms with van der Waals surface area (Å²) >= 11 is 0. The second-order valence-electron chi connectivity index (χ2n) is 7.42. The van der Waals surface area contributed by atoms with Crippen LogP contribution in [0.1, 0.15) is 33.8 Å². The first-order valence-electron chi connectivity index (χ1n) is 9.87. The number of carboxylic acids is 1. The van der Waals surface area contributed by atoms with Gasteiger partial charge in [-0.2, -0.15) is 0 Å². The summed E-state index contributed by atoms with van der Waals surface area (Å²) in [6.07, 6.45) is 5.75. The number of rotatable bonds is 6. The third-order valence-electron chi connectivity index (χ3n) is 5.38. The number of anilines is 3. The van der Waals surface area contributed by atoms with Gasteiger partial charge in [-0.05, 0) is 42.7 Å². The van der Waals surface area contributed by atoms with Gasteiger partial charge in [0.1, 0.15) is 11.6 Å². The monoisotopic (exact) mass is 404 g/mol. The van der Waals surface area contributed by atoms with Gasteiger partial charge in [-0.3, -0.25) is 4.98 Å². The van der Waals surface area contributed by atoms with E-state index in [4.69, 9.17) is 4.74 Å². The lowest BCUT2D eigenvalue weighted by Crippen LogP contribution is -2.22. The molecule has 3 aromatic rings. The summed E-state index contributed by atoms with van der Waals surface area (Å²) < 4.78 is 5.93. The highest BCUT2D eigenvalue weighted by molar-refractivity contribution is 5.93. The van der Waals surface area contributed by atoms with Crippen LogP contribution >= 0.6 is 0 Å². The van der Waals surface area contributed by atoms with Crippen LogP contribution in [0.25, 0.3) is 0 Å². The number of aromatic nitrogens is 2. The molecule has 3 heterocycles. The fraction of sp³-hybridized carbons (Fsp3) is 0.261. The third-order valence-corrected chi connectivity index (χ3v) is 5.38. The van der Waals surface area contributed by atoms with Crippen LogP contribution in [-0.4, -0.2) is 41.2 Å². The van der Waals surface area contributed by atoms with Gasteiger partial charge in [0, 0.05) is 43.7 Å². The Morgan fingerprint density at radius 3 is 2.90 bits per heavy atom. The van der Waals surface area contributed by atoms with E-state index in [1.807, 2.05) is 43.3 Å². The highest BCUT2D eigenvalue weighted by Crippen LogP contribution is 2.37. The first-order valence-corrected chi connectivity index (χ1v) is 9.87. The van der Waals surface area contributed by atoms with Crippen molar-refractivity contribution < 1.29 is 14.6 Å². The summed E-state index contributed by atoms with van der Waals surface area (Å²) in [6.45, 7) is 3.24. The number of hydrogen-bond acceptors (Lipinski definition) is 6. The summed E-state index contributed by atoms with van der Waals surface area (Å²) in [5.74, 6) is 0.971. The van der Waals surface area contributed by atoms with Crippen molar-refractivity contribution in [2.75, 3.05) is 30.4 Å². The molecule has 0 saturated carbocycles. The lowest BCUT2D eigenvalue weighted by molar-refractivity contribution is 0.0697. The number of aryl methyl sites for hydroxylation is 1. The van der Waals surface area contributed by atoms with Gasteiger partial charge in [0.25, 0.3) is 0 Å². The van der Waals surface area contributed by atoms with E-state index in [-0.39, 0.29) is 11.5 Å². The van der Waals surface area contributed by atoms with E-state index in [2.05, 4.69) is 27.4 Å². The molecule has 4 rings (SSSR count). The number of carbonyl (C=O) groups is 1. The Morgan fingerprint density at radius 2 is 2.13 bits per heavy atom. The average molecular weight is 404 g/mol. The normalized spacial score (nSPS) is 15.1. The van der Waals surface area contributed by atoms with Crippen molar-refractivity contribution in [3.63, 3.8) is 0 Å². The maximum absolute atomic E-state index is 11.4. The number of nitrogens with one attached hydrogen (secondary N) is 1. The smallest absolute Gasteiger partial charge is 0.337 e. The molecule has 2 aromatic heterocycles. The molecule has 1 aromatic carbocycles. The first-order chi connectivity index (χ1) is 14.5. The van der Waals surface area contributed by atoms with Gasteiger partial charge in [0.2, 0.25) is 0 Å². The number of nitrogens with zero attached hydrogens (tertiary/aromatic N) is 3. The van der Waals surface area contributed by atoms with Crippen molar-refractivity contribution in [1.82, 2.24) is 9.97 Å². The van der Waals surface area contributed by atoms with Crippen LogP contribution in [-0.2, 0) is 0 Å². The molecule has 1 aliphatic rings. The third kappa shape index (κ3) is 4.05. The zero-order valence-corrected chi connectivity index (χ0v) is 17.0. The van der Waals surface area contributed by atoms with E-state index < -0.39 is 5.97 Å². The molecule has 0 spiro atoms. The van der Waals surface area contributed by atoms with Crippen LogP contribution < -0.4 is 15.0 Å². The predicted octanol–water partition coefficient (Wildman–Crippen LogP) is 4.23. The summed E-state index contributed by atoms with van der Waals surface area (Å²) in [5, 5.41) is 12.6. The minimum absolute atomic E-state index is 0.215. The molecule has 30 heavy (non-hydrogen) atoms. The van der Waals surface area contributed by atoms with Crippen LogP contribution in [0.15, 0.2) is 55.0 Å². The number of benzene rings is 1. The van der Waals surface area contributed by atoms with Crippen molar-refractivity contribution in [3.05, 3.63) is 71.7 Å². The van der Waals surface area contributed by atoms with Gasteiger partial charge in [0.05, 0.1) is 24.1 Å². The first kappa shape index (κ1) is 19.7. The number of pyridine rings is 2. The molecule has 7 heteroatoms. The maximum Gasteiger partial charge on any atom is 0.337 e. The van der Waals surface area contributed by atoms with Gasteiger partial charge in [0.15, 0.2) is 0 Å². The Hall–Kier alpha value is -3.61. The molecule has 0 saturated heterocycles. The molecular weight excluding hydrogens is 380 g/mol. The van der Waals surface area contributed by atoms with Crippen molar-refractivity contribution in [2.24, 2.45) is 0 Å². The van der Waals surface area contributed by atoms with Crippen LogP contribution in [0, 0.1) is 6.92 Å². The van der Waals surface area contributed by atoms with Crippen molar-refractivity contribution in [2.45, 2.75) is 19.3 Å². The van der Waals surface area contributed by atoms with E-state index in [0.717, 1.165) is 34.8 Å². The molecule has 0 fully saturated rings.